The molecule has 8 nitrogen and oxygen atoms in total. The smallest absolute Gasteiger partial charge is 0.316 e. The summed E-state index contributed by atoms with van der Waals surface area (Å²) in [6.07, 6.45) is 1.68. The lowest BCUT2D eigenvalue weighted by Gasteiger charge is -2.30. The van der Waals surface area contributed by atoms with Crippen molar-refractivity contribution in [1.82, 2.24) is 20.4 Å². The molecular weight excluding hydrogens is 502 g/mol. The van der Waals surface area contributed by atoms with Crippen LogP contribution in [0.15, 0.2) is 83.8 Å². The molecule has 9 heteroatoms. The summed E-state index contributed by atoms with van der Waals surface area (Å²) in [5, 5.41) is 11.2. The summed E-state index contributed by atoms with van der Waals surface area (Å²) in [7, 11) is 0. The second-order valence-electron chi connectivity index (χ2n) is 8.98. The second kappa shape index (κ2) is 11.5. The third-order valence-electron chi connectivity index (χ3n) is 6.37. The number of aromatic nitrogens is 2. The monoisotopic (exact) mass is 529 g/mol. The zero-order chi connectivity index (χ0) is 26.5. The van der Waals surface area contributed by atoms with E-state index in [1.165, 1.54) is 11.6 Å². The molecule has 0 radical (unpaired) electrons. The molecule has 1 saturated heterocycles. The van der Waals surface area contributed by atoms with Crippen LogP contribution in [0.5, 0.6) is 11.5 Å². The van der Waals surface area contributed by atoms with Gasteiger partial charge < -0.3 is 20.3 Å². The SMILES string of the molecule is CC(=O)NCc1ccccc1-c1ccc(Oc2c(N3CCNCC3)cnn(-c3ccc(Cl)cc3)c2=O)cc1. The standard InChI is InChI=1S/C29H28ClN5O3/c1-20(36)32-18-22-4-2-3-5-26(22)21-6-12-25(13-7-21)38-28-27(34-16-14-31-15-17-34)19-33-35(29(28)37)24-10-8-23(30)9-11-24/h2-13,19,31H,14-18H2,1H3,(H,32,36). The van der Waals surface area contributed by atoms with E-state index in [2.05, 4.69) is 20.6 Å². The number of nitrogens with one attached hydrogen (secondary N) is 2. The van der Waals surface area contributed by atoms with Crippen LogP contribution in [0.25, 0.3) is 16.8 Å². The lowest BCUT2D eigenvalue weighted by atomic mass is 9.99. The Morgan fingerprint density at radius 1 is 1.03 bits per heavy atom. The molecule has 4 aromatic rings. The van der Waals surface area contributed by atoms with Gasteiger partial charge in [0.25, 0.3) is 0 Å². The van der Waals surface area contributed by atoms with E-state index in [1.54, 1.807) is 30.5 Å². The first kappa shape index (κ1) is 25.5. The molecule has 3 aromatic carbocycles. The quantitative estimate of drug-likeness (QED) is 0.369. The van der Waals surface area contributed by atoms with E-state index in [0.717, 1.165) is 42.9 Å². The summed E-state index contributed by atoms with van der Waals surface area (Å²) in [6, 6.07) is 22.5. The van der Waals surface area contributed by atoms with Crippen LogP contribution in [0.3, 0.4) is 0 Å². The molecule has 0 atom stereocenters. The summed E-state index contributed by atoms with van der Waals surface area (Å²) >= 11 is 6.04. The normalized spacial score (nSPS) is 13.3. The maximum Gasteiger partial charge on any atom is 0.316 e. The Morgan fingerprint density at radius 2 is 1.74 bits per heavy atom. The van der Waals surface area contributed by atoms with E-state index in [4.69, 9.17) is 16.3 Å². The molecule has 0 aliphatic carbocycles. The van der Waals surface area contributed by atoms with Crippen LogP contribution in [-0.2, 0) is 11.3 Å². The zero-order valence-electron chi connectivity index (χ0n) is 21.0. The highest BCUT2D eigenvalue weighted by Crippen LogP contribution is 2.31. The first-order valence-electron chi connectivity index (χ1n) is 12.4. The Kier molecular flexibility index (Phi) is 7.72. The lowest BCUT2D eigenvalue weighted by Crippen LogP contribution is -2.44. The van der Waals surface area contributed by atoms with E-state index < -0.39 is 0 Å². The van der Waals surface area contributed by atoms with Crippen molar-refractivity contribution < 1.29 is 9.53 Å². The highest BCUT2D eigenvalue weighted by Gasteiger charge is 2.21. The zero-order valence-corrected chi connectivity index (χ0v) is 21.7. The Hall–Kier alpha value is -4.14. The van der Waals surface area contributed by atoms with E-state index >= 15 is 0 Å². The number of benzene rings is 3. The van der Waals surface area contributed by atoms with Crippen molar-refractivity contribution in [3.05, 3.63) is 99.9 Å². The molecule has 1 aliphatic rings. The van der Waals surface area contributed by atoms with Crippen LogP contribution in [0, 0.1) is 0 Å². The number of piperazine rings is 1. The van der Waals surface area contributed by atoms with Gasteiger partial charge in [-0.25, -0.2) is 0 Å². The maximum absolute atomic E-state index is 13.6. The number of halogens is 1. The van der Waals surface area contributed by atoms with Crippen LogP contribution in [0.2, 0.25) is 5.02 Å². The van der Waals surface area contributed by atoms with Crippen LogP contribution >= 0.6 is 11.6 Å². The van der Waals surface area contributed by atoms with Crippen molar-refractivity contribution >= 4 is 23.2 Å². The third-order valence-corrected chi connectivity index (χ3v) is 6.63. The number of carbonyl (C=O) groups excluding carboxylic acids is 1. The lowest BCUT2D eigenvalue weighted by molar-refractivity contribution is -0.119. The number of carbonyl (C=O) groups is 1. The summed E-state index contributed by atoms with van der Waals surface area (Å²) in [6.45, 7) is 5.06. The number of ether oxygens (including phenoxy) is 1. The fourth-order valence-corrected chi connectivity index (χ4v) is 4.54. The number of amides is 1. The largest absolute Gasteiger partial charge is 0.449 e. The van der Waals surface area contributed by atoms with Gasteiger partial charge in [0.1, 0.15) is 11.4 Å². The first-order valence-corrected chi connectivity index (χ1v) is 12.8. The van der Waals surface area contributed by atoms with Crippen LogP contribution in [-0.4, -0.2) is 41.9 Å². The highest BCUT2D eigenvalue weighted by molar-refractivity contribution is 6.30. The predicted octanol–water partition coefficient (Wildman–Crippen LogP) is 4.39. The molecule has 0 spiro atoms. The van der Waals surface area contributed by atoms with Gasteiger partial charge in [0.05, 0.1) is 11.9 Å². The third kappa shape index (κ3) is 5.72. The molecule has 0 saturated carbocycles. The van der Waals surface area contributed by atoms with Gasteiger partial charge in [-0.2, -0.15) is 9.78 Å². The average Bonchev–Trinajstić information content (AvgIpc) is 2.94. The molecule has 1 aliphatic heterocycles. The molecule has 2 heterocycles. The molecule has 2 N–H and O–H groups in total. The van der Waals surface area contributed by atoms with Crippen molar-refractivity contribution in [3.63, 3.8) is 0 Å². The van der Waals surface area contributed by atoms with Crippen molar-refractivity contribution in [2.45, 2.75) is 13.5 Å². The fourth-order valence-electron chi connectivity index (χ4n) is 4.42. The Morgan fingerprint density at radius 3 is 2.45 bits per heavy atom. The number of hydrogen-bond acceptors (Lipinski definition) is 6. The van der Waals surface area contributed by atoms with Gasteiger partial charge in [0, 0.05) is 44.7 Å². The van der Waals surface area contributed by atoms with E-state index in [9.17, 15) is 9.59 Å². The Balaban J connectivity index is 1.48. The van der Waals surface area contributed by atoms with Gasteiger partial charge >= 0.3 is 5.56 Å². The molecule has 38 heavy (non-hydrogen) atoms. The summed E-state index contributed by atoms with van der Waals surface area (Å²) < 4.78 is 7.58. The Bertz CT molecular complexity index is 1480. The van der Waals surface area contributed by atoms with Gasteiger partial charge in [-0.3, -0.25) is 9.59 Å². The predicted molar refractivity (Wildman–Crippen MR) is 149 cm³/mol. The summed E-state index contributed by atoms with van der Waals surface area (Å²) in [4.78, 5) is 27.2. The topological polar surface area (TPSA) is 88.5 Å². The molecule has 0 bridgehead atoms. The van der Waals surface area contributed by atoms with Crippen LogP contribution in [0.1, 0.15) is 12.5 Å². The minimum atomic E-state index is -0.354. The minimum absolute atomic E-state index is 0.0783. The highest BCUT2D eigenvalue weighted by atomic mass is 35.5. The first-order chi connectivity index (χ1) is 18.5. The van der Waals surface area contributed by atoms with Gasteiger partial charge in [-0.15, -0.1) is 0 Å². The van der Waals surface area contributed by atoms with Gasteiger partial charge in [-0.1, -0.05) is 48.0 Å². The van der Waals surface area contributed by atoms with Gasteiger partial charge in [0.2, 0.25) is 11.7 Å². The molecule has 1 aromatic heterocycles. The van der Waals surface area contributed by atoms with E-state index in [0.29, 0.717) is 28.7 Å². The summed E-state index contributed by atoms with van der Waals surface area (Å²) in [5.74, 6) is 0.677. The summed E-state index contributed by atoms with van der Waals surface area (Å²) in [5.41, 5.74) is 3.91. The number of rotatable bonds is 7. The number of anilines is 1. The van der Waals surface area contributed by atoms with E-state index in [-0.39, 0.29) is 17.2 Å². The van der Waals surface area contributed by atoms with Crippen molar-refractivity contribution in [2.24, 2.45) is 0 Å². The minimum Gasteiger partial charge on any atom is -0.449 e. The molecule has 194 valence electrons. The van der Waals surface area contributed by atoms with Gasteiger partial charge in [0.15, 0.2) is 0 Å². The maximum atomic E-state index is 13.6. The number of hydrogen-bond donors (Lipinski definition) is 2. The van der Waals surface area contributed by atoms with Crippen molar-refractivity contribution in [3.8, 4) is 28.3 Å². The van der Waals surface area contributed by atoms with Gasteiger partial charge in [-0.05, 0) is 53.1 Å². The molecule has 1 fully saturated rings. The molecule has 5 rings (SSSR count). The number of nitrogens with zero attached hydrogens (tertiary/aromatic N) is 3. The second-order valence-corrected chi connectivity index (χ2v) is 9.42. The molecular formula is C29H28ClN5O3. The fraction of sp³-hybridized carbons (Fsp3) is 0.207. The van der Waals surface area contributed by atoms with E-state index in [1.807, 2.05) is 48.5 Å². The molecule has 1 amide bonds. The average molecular weight is 530 g/mol. The van der Waals surface area contributed by atoms with Crippen molar-refractivity contribution in [2.75, 3.05) is 31.1 Å². The van der Waals surface area contributed by atoms with Crippen LogP contribution in [0.4, 0.5) is 5.69 Å². The van der Waals surface area contributed by atoms with Crippen LogP contribution < -0.4 is 25.8 Å². The molecule has 0 unspecified atom stereocenters. The van der Waals surface area contributed by atoms with Crippen molar-refractivity contribution in [1.29, 1.82) is 0 Å². The Labute approximate surface area is 225 Å².